The first-order valence-corrected chi connectivity index (χ1v) is 8.46. The summed E-state index contributed by atoms with van der Waals surface area (Å²) in [5, 5.41) is 0. The van der Waals surface area contributed by atoms with E-state index in [0.29, 0.717) is 0 Å². The van der Waals surface area contributed by atoms with Crippen molar-refractivity contribution in [2.45, 2.75) is 40.8 Å². The molecule has 0 unspecified atom stereocenters. The Morgan fingerprint density at radius 2 is 1.50 bits per heavy atom. The van der Waals surface area contributed by atoms with Gasteiger partial charge in [0.15, 0.2) is 0 Å². The number of hydrogen-bond acceptors (Lipinski definition) is 0. The van der Waals surface area contributed by atoms with Crippen LogP contribution in [0.1, 0.15) is 22.3 Å². The zero-order chi connectivity index (χ0) is 13.3. The molecule has 1 radical (unpaired) electrons. The van der Waals surface area contributed by atoms with E-state index in [9.17, 15) is 0 Å². The van der Waals surface area contributed by atoms with E-state index in [4.69, 9.17) is 0 Å². The second-order valence-corrected chi connectivity index (χ2v) is 5.45. The normalized spacial score (nSPS) is 8.33. The predicted molar refractivity (Wildman–Crippen MR) is 81.9 cm³/mol. The van der Waals surface area contributed by atoms with Crippen molar-refractivity contribution < 1.29 is 26.2 Å². The molecule has 0 saturated carbocycles. The second kappa shape index (κ2) is 11.9. The van der Waals surface area contributed by atoms with Crippen molar-refractivity contribution in [2.24, 2.45) is 0 Å². The molecule has 18 heavy (non-hydrogen) atoms. The van der Waals surface area contributed by atoms with Crippen LogP contribution in [0.3, 0.4) is 0 Å². The maximum Gasteiger partial charge on any atom is 2.00 e. The smallest absolute Gasteiger partial charge is 0.214 e. The van der Waals surface area contributed by atoms with Crippen LogP contribution >= 0.6 is 0 Å². The van der Waals surface area contributed by atoms with E-state index in [0.717, 1.165) is 9.52 Å². The molecule has 0 amide bonds. The quantitative estimate of drug-likeness (QED) is 0.488. The van der Waals surface area contributed by atoms with Gasteiger partial charge in [-0.1, -0.05) is 40.8 Å². The van der Waals surface area contributed by atoms with Crippen LogP contribution in [0, 0.1) is 27.7 Å². The second-order valence-electron chi connectivity index (χ2n) is 4.30. The molecular formula is C16H25SiZr. The fourth-order valence-electron chi connectivity index (χ4n) is 1.45. The third-order valence-electron chi connectivity index (χ3n) is 2.73. The van der Waals surface area contributed by atoms with E-state index in [2.05, 4.69) is 46.9 Å². The van der Waals surface area contributed by atoms with Gasteiger partial charge in [0.1, 0.15) is 0 Å². The molecule has 0 heterocycles. The van der Waals surface area contributed by atoms with Gasteiger partial charge in [-0.3, -0.25) is 0 Å². The Morgan fingerprint density at radius 3 is 1.61 bits per heavy atom. The van der Waals surface area contributed by atoms with Gasteiger partial charge in [-0.15, -0.1) is 0 Å². The van der Waals surface area contributed by atoms with Gasteiger partial charge >= 0.3 is 26.2 Å². The van der Waals surface area contributed by atoms with E-state index in [1.54, 1.807) is 0 Å². The first kappa shape index (κ1) is 20.1. The first-order chi connectivity index (χ1) is 8.04. The minimum absolute atomic E-state index is 0. The molecule has 0 spiro atoms. The summed E-state index contributed by atoms with van der Waals surface area (Å²) in [6.45, 7) is 13.1. The molecule has 0 nitrogen and oxygen atoms in total. The van der Waals surface area contributed by atoms with Crippen LogP contribution in [-0.2, 0) is 26.2 Å². The SMILES string of the molecule is C[SiH]C.Cc1c[c-](C)c(C)c1C.[Zr+2].c1cc[cH-]c1. The molecule has 0 aromatic heterocycles. The largest absolute Gasteiger partial charge is 2.00 e. The van der Waals surface area contributed by atoms with Crippen LogP contribution in [0.5, 0.6) is 0 Å². The summed E-state index contributed by atoms with van der Waals surface area (Å²) < 4.78 is 0. The fourth-order valence-corrected chi connectivity index (χ4v) is 1.45. The fraction of sp³-hybridized carbons (Fsp3) is 0.375. The van der Waals surface area contributed by atoms with Crippen LogP contribution in [0.15, 0.2) is 36.4 Å². The van der Waals surface area contributed by atoms with Crippen molar-refractivity contribution in [2.75, 3.05) is 0 Å². The summed E-state index contributed by atoms with van der Waals surface area (Å²) >= 11 is 0. The minimum Gasteiger partial charge on any atom is -0.214 e. The molecule has 2 aromatic rings. The minimum atomic E-state index is 0. The third-order valence-corrected chi connectivity index (χ3v) is 2.73. The molecular weight excluding hydrogens is 311 g/mol. The molecule has 97 valence electrons. The molecule has 0 saturated heterocycles. The van der Waals surface area contributed by atoms with Crippen LogP contribution in [-0.4, -0.2) is 9.52 Å². The van der Waals surface area contributed by atoms with Crippen LogP contribution in [0.4, 0.5) is 0 Å². The van der Waals surface area contributed by atoms with E-state index in [-0.39, 0.29) is 26.2 Å². The molecule has 0 fully saturated rings. The van der Waals surface area contributed by atoms with Crippen molar-refractivity contribution in [3.05, 3.63) is 58.7 Å². The van der Waals surface area contributed by atoms with E-state index in [1.807, 2.05) is 30.3 Å². The number of hydrogen-bond donors (Lipinski definition) is 0. The molecule has 0 aliphatic heterocycles. The Kier molecular flexibility index (Phi) is 13.3. The van der Waals surface area contributed by atoms with Crippen molar-refractivity contribution >= 4 is 9.52 Å². The number of aryl methyl sites for hydroxylation is 2. The average Bonchev–Trinajstić information content (AvgIpc) is 2.91. The molecule has 0 atom stereocenters. The average molecular weight is 337 g/mol. The molecule has 2 aromatic carbocycles. The molecule has 0 aliphatic rings. The summed E-state index contributed by atoms with van der Waals surface area (Å²) in [7, 11) is 0.750. The summed E-state index contributed by atoms with van der Waals surface area (Å²) in [4.78, 5) is 0. The van der Waals surface area contributed by atoms with Crippen molar-refractivity contribution in [3.8, 4) is 0 Å². The van der Waals surface area contributed by atoms with Gasteiger partial charge in [-0.2, -0.15) is 46.5 Å². The monoisotopic (exact) mass is 335 g/mol. The van der Waals surface area contributed by atoms with E-state index >= 15 is 0 Å². The van der Waals surface area contributed by atoms with Gasteiger partial charge in [0.05, 0.1) is 0 Å². The first-order valence-electron chi connectivity index (χ1n) is 6.15. The molecule has 0 aliphatic carbocycles. The van der Waals surface area contributed by atoms with Gasteiger partial charge in [-0.05, 0) is 0 Å². The molecule has 0 N–H and O–H groups in total. The van der Waals surface area contributed by atoms with Crippen LogP contribution < -0.4 is 0 Å². The molecule has 2 rings (SSSR count). The van der Waals surface area contributed by atoms with Crippen molar-refractivity contribution in [1.82, 2.24) is 0 Å². The van der Waals surface area contributed by atoms with Gasteiger partial charge < -0.3 is 0 Å². The Hall–Kier alpha value is -0.200. The van der Waals surface area contributed by atoms with Gasteiger partial charge in [0.25, 0.3) is 0 Å². The Bertz CT molecular complexity index is 346. The molecule has 0 bridgehead atoms. The maximum absolute atomic E-state index is 2.24. The maximum atomic E-state index is 2.24. The number of rotatable bonds is 0. The van der Waals surface area contributed by atoms with Gasteiger partial charge in [0, 0.05) is 9.52 Å². The Labute approximate surface area is 134 Å². The Morgan fingerprint density at radius 1 is 1.06 bits per heavy atom. The zero-order valence-electron chi connectivity index (χ0n) is 12.5. The van der Waals surface area contributed by atoms with E-state index in [1.165, 1.54) is 22.3 Å². The summed E-state index contributed by atoms with van der Waals surface area (Å²) in [5.74, 6) is 0. The van der Waals surface area contributed by atoms with E-state index < -0.39 is 0 Å². The van der Waals surface area contributed by atoms with Crippen LogP contribution in [0.25, 0.3) is 0 Å². The summed E-state index contributed by atoms with van der Waals surface area (Å²) in [6, 6.07) is 12.2. The Balaban J connectivity index is 0. The van der Waals surface area contributed by atoms with Gasteiger partial charge in [-0.25, -0.2) is 12.1 Å². The topological polar surface area (TPSA) is 0 Å². The zero-order valence-corrected chi connectivity index (χ0v) is 16.2. The summed E-state index contributed by atoms with van der Waals surface area (Å²) in [5.41, 5.74) is 5.75. The van der Waals surface area contributed by atoms with Gasteiger partial charge in [0.2, 0.25) is 0 Å². The third kappa shape index (κ3) is 8.00. The standard InChI is InChI=1S/C9H13.C5H5.C2H7Si.Zr/c1-6-5-7(2)9(4)8(6)3;1-2-4-5-3-1;1-3-2;/h5H,1-4H3;1-5H;3H,1-2H3;/q2*-1;;+2. The molecule has 2 heteroatoms. The van der Waals surface area contributed by atoms with Crippen molar-refractivity contribution in [1.29, 1.82) is 0 Å². The van der Waals surface area contributed by atoms with Crippen molar-refractivity contribution in [3.63, 3.8) is 0 Å². The van der Waals surface area contributed by atoms with Crippen LogP contribution in [0.2, 0.25) is 13.1 Å². The predicted octanol–water partition coefficient (Wildman–Crippen LogP) is 4.56. The summed E-state index contributed by atoms with van der Waals surface area (Å²) in [6.07, 6.45) is 0.